The number of carbonyl (C=O) groups excluding carboxylic acids is 2. The predicted octanol–water partition coefficient (Wildman–Crippen LogP) is 3.02. The van der Waals surface area contributed by atoms with Gasteiger partial charge in [-0.05, 0) is 42.2 Å². The molecule has 1 saturated heterocycles. The lowest BCUT2D eigenvalue weighted by Gasteiger charge is -2.47. The minimum absolute atomic E-state index is 0.0172. The number of amides is 2. The number of fused-ring (bicyclic) bond motifs is 4. The number of H-pyrrole nitrogens is 1. The molecule has 2 fully saturated rings. The standard InChI is InChI=1S/C24H23N3O3/c1-30-16-6-4-5-14(11-16)23-22-18(17-7-2-3-8-19(17)25-22)12-20-24(29)26(15-9-10-15)13-21(28)27(20)23/h2-8,11,15,20,23,25H,9-10,12-13H2,1H3/t20-,23?/m1/s1. The topological polar surface area (TPSA) is 65.6 Å². The van der Waals surface area contributed by atoms with Crippen molar-refractivity contribution in [1.29, 1.82) is 0 Å². The smallest absolute Gasteiger partial charge is 0.246 e. The molecule has 152 valence electrons. The molecule has 1 aromatic heterocycles. The molecule has 2 aromatic carbocycles. The Labute approximate surface area is 174 Å². The molecule has 6 rings (SSSR count). The van der Waals surface area contributed by atoms with Crippen molar-refractivity contribution in [1.82, 2.24) is 14.8 Å². The summed E-state index contributed by atoms with van der Waals surface area (Å²) in [4.78, 5) is 34.0. The van der Waals surface area contributed by atoms with E-state index in [0.29, 0.717) is 6.42 Å². The number of nitrogens with one attached hydrogen (secondary N) is 1. The molecule has 2 aliphatic heterocycles. The first-order chi connectivity index (χ1) is 14.7. The first-order valence-electron chi connectivity index (χ1n) is 10.5. The van der Waals surface area contributed by atoms with E-state index in [0.717, 1.165) is 46.3 Å². The summed E-state index contributed by atoms with van der Waals surface area (Å²) in [5.41, 5.74) is 4.13. The molecule has 2 atom stereocenters. The molecule has 3 aliphatic rings. The second kappa shape index (κ2) is 6.36. The summed E-state index contributed by atoms with van der Waals surface area (Å²) < 4.78 is 5.44. The number of methoxy groups -OCH3 is 1. The average molecular weight is 401 g/mol. The van der Waals surface area contributed by atoms with E-state index >= 15 is 0 Å². The minimum Gasteiger partial charge on any atom is -0.497 e. The minimum atomic E-state index is -0.463. The summed E-state index contributed by atoms with van der Waals surface area (Å²) in [5.74, 6) is 0.840. The van der Waals surface area contributed by atoms with Crippen LogP contribution in [-0.2, 0) is 16.0 Å². The molecule has 6 heteroatoms. The van der Waals surface area contributed by atoms with Crippen LogP contribution in [0.2, 0.25) is 0 Å². The lowest BCUT2D eigenvalue weighted by Crippen LogP contribution is -2.63. The van der Waals surface area contributed by atoms with Crippen LogP contribution < -0.4 is 4.74 Å². The Morgan fingerprint density at radius 1 is 1.07 bits per heavy atom. The average Bonchev–Trinajstić information content (AvgIpc) is 3.55. The van der Waals surface area contributed by atoms with Crippen LogP contribution in [0.15, 0.2) is 48.5 Å². The van der Waals surface area contributed by atoms with E-state index in [1.165, 1.54) is 0 Å². The van der Waals surface area contributed by atoms with E-state index in [1.54, 1.807) is 7.11 Å². The van der Waals surface area contributed by atoms with Crippen molar-refractivity contribution in [3.8, 4) is 5.75 Å². The number of ether oxygens (including phenoxy) is 1. The Bertz CT molecular complexity index is 1180. The highest BCUT2D eigenvalue weighted by Crippen LogP contribution is 2.44. The lowest BCUT2D eigenvalue weighted by atomic mass is 9.86. The molecular formula is C24H23N3O3. The number of rotatable bonds is 3. The van der Waals surface area contributed by atoms with Crippen molar-refractivity contribution in [3.63, 3.8) is 0 Å². The molecule has 1 unspecified atom stereocenters. The molecule has 0 radical (unpaired) electrons. The highest BCUT2D eigenvalue weighted by atomic mass is 16.5. The summed E-state index contributed by atoms with van der Waals surface area (Å²) >= 11 is 0. The van der Waals surface area contributed by atoms with E-state index in [2.05, 4.69) is 17.1 Å². The third kappa shape index (κ3) is 2.49. The molecule has 1 aliphatic carbocycles. The summed E-state index contributed by atoms with van der Waals surface area (Å²) in [6, 6.07) is 15.4. The van der Waals surface area contributed by atoms with Gasteiger partial charge in [-0.2, -0.15) is 0 Å². The van der Waals surface area contributed by atoms with Gasteiger partial charge in [0.25, 0.3) is 0 Å². The maximum absolute atomic E-state index is 13.5. The zero-order valence-electron chi connectivity index (χ0n) is 16.8. The van der Waals surface area contributed by atoms with Crippen molar-refractivity contribution in [2.45, 2.75) is 37.4 Å². The zero-order chi connectivity index (χ0) is 20.4. The Balaban J connectivity index is 1.55. The number of nitrogens with zero attached hydrogens (tertiary/aromatic N) is 2. The van der Waals surface area contributed by atoms with Gasteiger partial charge >= 0.3 is 0 Å². The Hall–Kier alpha value is -3.28. The van der Waals surface area contributed by atoms with Gasteiger partial charge in [0.05, 0.1) is 13.2 Å². The molecule has 3 aromatic rings. The quantitative estimate of drug-likeness (QED) is 0.734. The summed E-state index contributed by atoms with van der Waals surface area (Å²) in [6.45, 7) is 0.177. The van der Waals surface area contributed by atoms with Gasteiger partial charge in [-0.25, -0.2) is 0 Å². The largest absolute Gasteiger partial charge is 0.497 e. The van der Waals surface area contributed by atoms with Gasteiger partial charge in [0.2, 0.25) is 11.8 Å². The van der Waals surface area contributed by atoms with Crippen molar-refractivity contribution in [2.75, 3.05) is 13.7 Å². The molecule has 6 nitrogen and oxygen atoms in total. The number of benzene rings is 2. The maximum atomic E-state index is 13.5. The van der Waals surface area contributed by atoms with Gasteiger partial charge in [-0.1, -0.05) is 30.3 Å². The van der Waals surface area contributed by atoms with E-state index in [4.69, 9.17) is 4.74 Å². The first kappa shape index (κ1) is 17.6. The van der Waals surface area contributed by atoms with Crippen LogP contribution in [0.5, 0.6) is 5.75 Å². The molecule has 0 bridgehead atoms. The van der Waals surface area contributed by atoms with Crippen LogP contribution in [0, 0.1) is 0 Å². The van der Waals surface area contributed by atoms with Gasteiger partial charge in [-0.3, -0.25) is 9.59 Å². The fraction of sp³-hybridized carbons (Fsp3) is 0.333. The summed E-state index contributed by atoms with van der Waals surface area (Å²) in [6.07, 6.45) is 2.56. The van der Waals surface area contributed by atoms with Crippen LogP contribution in [0.4, 0.5) is 0 Å². The number of carbonyl (C=O) groups is 2. The van der Waals surface area contributed by atoms with Crippen LogP contribution in [0.3, 0.4) is 0 Å². The Morgan fingerprint density at radius 2 is 1.90 bits per heavy atom. The van der Waals surface area contributed by atoms with Crippen LogP contribution in [0.25, 0.3) is 10.9 Å². The van der Waals surface area contributed by atoms with Gasteiger partial charge in [-0.15, -0.1) is 0 Å². The highest BCUT2D eigenvalue weighted by Gasteiger charge is 2.50. The SMILES string of the molecule is COc1cccc(C2c3[nH]c4ccccc4c3C[C@@H]3C(=O)N(C4CC4)CC(=O)N23)c1. The highest BCUT2D eigenvalue weighted by molar-refractivity contribution is 5.98. The maximum Gasteiger partial charge on any atom is 0.246 e. The van der Waals surface area contributed by atoms with Gasteiger partial charge in [0.15, 0.2) is 0 Å². The third-order valence-corrected chi connectivity index (χ3v) is 6.69. The summed E-state index contributed by atoms with van der Waals surface area (Å²) in [7, 11) is 1.64. The molecule has 2 amide bonds. The number of para-hydroxylation sites is 1. The van der Waals surface area contributed by atoms with E-state index in [-0.39, 0.29) is 30.4 Å². The number of hydrogen-bond donors (Lipinski definition) is 1. The van der Waals surface area contributed by atoms with Crippen molar-refractivity contribution in [3.05, 3.63) is 65.4 Å². The summed E-state index contributed by atoms with van der Waals surface area (Å²) in [5, 5.41) is 1.13. The third-order valence-electron chi connectivity index (χ3n) is 6.69. The van der Waals surface area contributed by atoms with Crippen LogP contribution in [-0.4, -0.2) is 52.3 Å². The zero-order valence-corrected chi connectivity index (χ0v) is 16.8. The molecule has 1 N–H and O–H groups in total. The van der Waals surface area contributed by atoms with Crippen molar-refractivity contribution < 1.29 is 14.3 Å². The predicted molar refractivity (Wildman–Crippen MR) is 112 cm³/mol. The number of hydrogen-bond acceptors (Lipinski definition) is 3. The molecule has 0 spiro atoms. The van der Waals surface area contributed by atoms with Crippen LogP contribution >= 0.6 is 0 Å². The molecule has 30 heavy (non-hydrogen) atoms. The normalized spacial score (nSPS) is 23.5. The number of piperazine rings is 1. The monoisotopic (exact) mass is 401 g/mol. The Morgan fingerprint density at radius 3 is 2.70 bits per heavy atom. The fourth-order valence-electron chi connectivity index (χ4n) is 5.14. The van der Waals surface area contributed by atoms with E-state index in [1.807, 2.05) is 46.2 Å². The van der Waals surface area contributed by atoms with Gasteiger partial charge < -0.3 is 19.5 Å². The van der Waals surface area contributed by atoms with Crippen LogP contribution in [0.1, 0.15) is 35.7 Å². The lowest BCUT2D eigenvalue weighted by molar-refractivity contribution is -0.159. The van der Waals surface area contributed by atoms with E-state index in [9.17, 15) is 9.59 Å². The Kier molecular flexibility index (Phi) is 3.72. The van der Waals surface area contributed by atoms with Crippen molar-refractivity contribution >= 4 is 22.7 Å². The second-order valence-electron chi connectivity index (χ2n) is 8.46. The number of aromatic nitrogens is 1. The van der Waals surface area contributed by atoms with E-state index < -0.39 is 6.04 Å². The fourth-order valence-corrected chi connectivity index (χ4v) is 5.14. The molecular weight excluding hydrogens is 378 g/mol. The molecule has 3 heterocycles. The molecule has 1 saturated carbocycles. The first-order valence-corrected chi connectivity index (χ1v) is 10.5. The number of aromatic amines is 1. The second-order valence-corrected chi connectivity index (χ2v) is 8.46. The van der Waals surface area contributed by atoms with Gasteiger partial charge in [0, 0.05) is 29.1 Å². The van der Waals surface area contributed by atoms with Gasteiger partial charge in [0.1, 0.15) is 18.3 Å². The van der Waals surface area contributed by atoms with Crippen molar-refractivity contribution in [2.24, 2.45) is 0 Å².